The first-order chi connectivity index (χ1) is 10.6. The van der Waals surface area contributed by atoms with Gasteiger partial charge in [0.05, 0.1) is 6.61 Å². The Balaban J connectivity index is 2.18. The van der Waals surface area contributed by atoms with Gasteiger partial charge in [-0.25, -0.2) is 4.79 Å². The highest BCUT2D eigenvalue weighted by Gasteiger charge is 2.52. The average Bonchev–Trinajstić information content (AvgIpc) is 2.92. The Morgan fingerprint density at radius 3 is 2.52 bits per heavy atom. The second-order valence-electron chi connectivity index (χ2n) is 6.17. The Labute approximate surface area is 133 Å². The zero-order chi connectivity index (χ0) is 17.4. The number of ether oxygens (including phenoxy) is 4. The Bertz CT molecular complexity index is 468. The normalized spacial score (nSPS) is 37.5. The summed E-state index contributed by atoms with van der Waals surface area (Å²) in [5.41, 5.74) is 0. The molecule has 2 saturated heterocycles. The van der Waals surface area contributed by atoms with E-state index >= 15 is 0 Å². The van der Waals surface area contributed by atoms with Crippen LogP contribution in [-0.2, 0) is 28.5 Å². The van der Waals surface area contributed by atoms with Gasteiger partial charge in [0.15, 0.2) is 18.2 Å². The molecule has 0 spiro atoms. The van der Waals surface area contributed by atoms with Crippen molar-refractivity contribution in [3.05, 3.63) is 0 Å². The van der Waals surface area contributed by atoms with E-state index in [1.165, 1.54) is 13.8 Å². The van der Waals surface area contributed by atoms with Gasteiger partial charge in [-0.3, -0.25) is 4.79 Å². The second-order valence-corrected chi connectivity index (χ2v) is 6.17. The molecule has 6 atom stereocenters. The van der Waals surface area contributed by atoms with Crippen LogP contribution in [0.1, 0.15) is 27.7 Å². The number of aliphatic carboxylic acids is 1. The molecule has 9 heteroatoms. The summed E-state index contributed by atoms with van der Waals surface area (Å²) in [6.07, 6.45) is -4.68. The maximum absolute atomic E-state index is 11.3. The van der Waals surface area contributed by atoms with Gasteiger partial charge in [0.2, 0.25) is 5.91 Å². The Kier molecular flexibility index (Phi) is 5.27. The fourth-order valence-corrected chi connectivity index (χ4v) is 2.71. The molecular weight excluding hydrogens is 310 g/mol. The first-order valence-electron chi connectivity index (χ1n) is 7.41. The second kappa shape index (κ2) is 6.70. The number of hydrogen-bond acceptors (Lipinski definition) is 7. The third-order valence-electron chi connectivity index (χ3n) is 3.76. The van der Waals surface area contributed by atoms with Gasteiger partial charge in [-0.05, 0) is 20.8 Å². The van der Waals surface area contributed by atoms with Gasteiger partial charge in [0, 0.05) is 6.92 Å². The molecule has 1 unspecified atom stereocenters. The van der Waals surface area contributed by atoms with E-state index in [-0.39, 0.29) is 6.61 Å². The number of nitrogens with one attached hydrogen (secondary N) is 1. The molecule has 3 N–H and O–H groups in total. The smallest absolute Gasteiger partial charge is 0.332 e. The fraction of sp³-hybridized carbons (Fsp3) is 0.857. The van der Waals surface area contributed by atoms with Crippen molar-refractivity contribution < 1.29 is 38.7 Å². The summed E-state index contributed by atoms with van der Waals surface area (Å²) >= 11 is 0. The molecule has 2 aliphatic rings. The van der Waals surface area contributed by atoms with E-state index in [4.69, 9.17) is 24.1 Å². The van der Waals surface area contributed by atoms with Crippen molar-refractivity contribution in [3.8, 4) is 0 Å². The van der Waals surface area contributed by atoms with E-state index in [1.54, 1.807) is 13.8 Å². The molecule has 2 heterocycles. The van der Waals surface area contributed by atoms with E-state index in [0.717, 1.165) is 0 Å². The summed E-state index contributed by atoms with van der Waals surface area (Å²) in [7, 11) is 0. The number of carboxylic acid groups (broad SMARTS) is 1. The Morgan fingerprint density at radius 1 is 1.39 bits per heavy atom. The van der Waals surface area contributed by atoms with Crippen molar-refractivity contribution in [2.45, 2.75) is 70.2 Å². The van der Waals surface area contributed by atoms with Crippen molar-refractivity contribution in [2.75, 3.05) is 6.61 Å². The lowest BCUT2D eigenvalue weighted by Crippen LogP contribution is -2.51. The van der Waals surface area contributed by atoms with E-state index in [1.807, 2.05) is 0 Å². The van der Waals surface area contributed by atoms with Crippen LogP contribution in [0.2, 0.25) is 0 Å². The van der Waals surface area contributed by atoms with E-state index < -0.39 is 54.4 Å². The van der Waals surface area contributed by atoms with Crippen LogP contribution in [0.5, 0.6) is 0 Å². The van der Waals surface area contributed by atoms with Crippen LogP contribution < -0.4 is 5.32 Å². The van der Waals surface area contributed by atoms with E-state index in [0.29, 0.717) is 0 Å². The number of amides is 1. The molecule has 132 valence electrons. The van der Waals surface area contributed by atoms with Crippen LogP contribution in [-0.4, -0.2) is 71.2 Å². The van der Waals surface area contributed by atoms with Gasteiger partial charge in [0.25, 0.3) is 0 Å². The third-order valence-corrected chi connectivity index (χ3v) is 3.76. The number of rotatable bonds is 5. The molecule has 9 nitrogen and oxygen atoms in total. The van der Waals surface area contributed by atoms with Crippen LogP contribution >= 0.6 is 0 Å². The van der Waals surface area contributed by atoms with Crippen LogP contribution in [0.15, 0.2) is 0 Å². The standard InChI is InChI=1S/C14H23NO8/c1-6(12(17)18)21-11-9(15-7(2)16)13(19)22-10(11)8-5-20-14(3,4)23-8/h6,8-11,13,19H,5H2,1-4H3,(H,15,16)(H,17,18)/t6?,8-,9-,10-,11-,13-/m1/s1. The maximum Gasteiger partial charge on any atom is 0.332 e. The average molecular weight is 333 g/mol. The number of carboxylic acids is 1. The fourth-order valence-electron chi connectivity index (χ4n) is 2.71. The van der Waals surface area contributed by atoms with Crippen LogP contribution in [0, 0.1) is 0 Å². The highest BCUT2D eigenvalue weighted by atomic mass is 16.8. The van der Waals surface area contributed by atoms with Crippen LogP contribution in [0.4, 0.5) is 0 Å². The highest BCUT2D eigenvalue weighted by Crippen LogP contribution is 2.33. The maximum atomic E-state index is 11.3. The minimum Gasteiger partial charge on any atom is -0.479 e. The summed E-state index contributed by atoms with van der Waals surface area (Å²) in [5, 5.41) is 21.6. The van der Waals surface area contributed by atoms with Gasteiger partial charge in [-0.1, -0.05) is 0 Å². The van der Waals surface area contributed by atoms with Crippen molar-refractivity contribution in [2.24, 2.45) is 0 Å². The number of hydrogen-bond donors (Lipinski definition) is 3. The van der Waals surface area contributed by atoms with Crippen molar-refractivity contribution >= 4 is 11.9 Å². The van der Waals surface area contributed by atoms with Gasteiger partial charge in [-0.15, -0.1) is 0 Å². The zero-order valence-electron chi connectivity index (χ0n) is 13.5. The first-order valence-corrected chi connectivity index (χ1v) is 7.41. The summed E-state index contributed by atoms with van der Waals surface area (Å²) in [5.74, 6) is -2.36. The van der Waals surface area contributed by atoms with Crippen molar-refractivity contribution in [3.63, 3.8) is 0 Å². The molecule has 0 aromatic carbocycles. The quantitative estimate of drug-likeness (QED) is 0.598. The lowest BCUT2D eigenvalue weighted by molar-refractivity contribution is -0.183. The Hall–Kier alpha value is -1.26. The summed E-state index contributed by atoms with van der Waals surface area (Å²) < 4.78 is 22.2. The molecule has 0 aromatic rings. The largest absolute Gasteiger partial charge is 0.479 e. The molecule has 1 amide bonds. The van der Waals surface area contributed by atoms with Gasteiger partial charge in [-0.2, -0.15) is 0 Å². The lowest BCUT2D eigenvalue weighted by Gasteiger charge is -2.28. The minimum absolute atomic E-state index is 0.207. The summed E-state index contributed by atoms with van der Waals surface area (Å²) in [6, 6.07) is -0.897. The Morgan fingerprint density at radius 2 is 2.04 bits per heavy atom. The van der Waals surface area contributed by atoms with Crippen LogP contribution in [0.25, 0.3) is 0 Å². The minimum atomic E-state index is -1.33. The molecule has 23 heavy (non-hydrogen) atoms. The molecular formula is C14H23NO8. The first kappa shape index (κ1) is 18.1. The molecule has 2 aliphatic heterocycles. The summed E-state index contributed by atoms with van der Waals surface area (Å²) in [6.45, 7) is 6.33. The van der Waals surface area contributed by atoms with Gasteiger partial charge in [0.1, 0.15) is 24.4 Å². The van der Waals surface area contributed by atoms with E-state index in [9.17, 15) is 14.7 Å². The molecule has 2 fully saturated rings. The van der Waals surface area contributed by atoms with Crippen molar-refractivity contribution in [1.29, 1.82) is 0 Å². The van der Waals surface area contributed by atoms with Crippen molar-refractivity contribution in [1.82, 2.24) is 5.32 Å². The molecule has 2 rings (SSSR count). The molecule has 0 saturated carbocycles. The molecule has 0 aromatic heterocycles. The topological polar surface area (TPSA) is 124 Å². The molecule has 0 bridgehead atoms. The van der Waals surface area contributed by atoms with Gasteiger partial charge >= 0.3 is 5.97 Å². The number of aliphatic hydroxyl groups excluding tert-OH is 1. The lowest BCUT2D eigenvalue weighted by atomic mass is 10.0. The third kappa shape index (κ3) is 4.18. The van der Waals surface area contributed by atoms with E-state index in [2.05, 4.69) is 5.32 Å². The molecule has 0 radical (unpaired) electrons. The predicted octanol–water partition coefficient (Wildman–Crippen LogP) is -0.782. The van der Waals surface area contributed by atoms with Crippen LogP contribution in [0.3, 0.4) is 0 Å². The zero-order valence-corrected chi connectivity index (χ0v) is 13.5. The van der Waals surface area contributed by atoms with Gasteiger partial charge < -0.3 is 34.5 Å². The highest BCUT2D eigenvalue weighted by molar-refractivity contribution is 5.73. The molecule has 0 aliphatic carbocycles. The number of aliphatic hydroxyl groups is 1. The SMILES string of the molecule is CC(=O)N[C@@H]1[C@@H](OC(C)C(=O)O)[C@@H]([C@H]2COC(C)(C)O2)O[C@H]1O. The predicted molar refractivity (Wildman–Crippen MR) is 75.4 cm³/mol. The summed E-state index contributed by atoms with van der Waals surface area (Å²) in [4.78, 5) is 22.4. The number of carbonyl (C=O) groups is 2. The number of carbonyl (C=O) groups excluding carboxylic acids is 1. The monoisotopic (exact) mass is 333 g/mol.